The lowest BCUT2D eigenvalue weighted by molar-refractivity contribution is 0.319. The summed E-state index contributed by atoms with van der Waals surface area (Å²) in [5.41, 5.74) is 5.59. The molecule has 0 heterocycles. The molecular formula is C23H27N. The van der Waals surface area contributed by atoms with Crippen LogP contribution >= 0.6 is 0 Å². The summed E-state index contributed by atoms with van der Waals surface area (Å²) in [5, 5.41) is 2.70. The van der Waals surface area contributed by atoms with E-state index in [2.05, 4.69) is 93.4 Å². The fourth-order valence-corrected chi connectivity index (χ4v) is 3.30. The summed E-state index contributed by atoms with van der Waals surface area (Å²) < 4.78 is 0. The monoisotopic (exact) mass is 317 g/mol. The number of hydrogen-bond acceptors (Lipinski definition) is 1. The molecule has 3 rings (SSSR count). The Morgan fingerprint density at radius 2 is 1.54 bits per heavy atom. The Bertz CT molecular complexity index is 815. The lowest BCUT2D eigenvalue weighted by atomic mass is 9.99. The first-order chi connectivity index (χ1) is 11.5. The molecule has 0 N–H and O–H groups in total. The van der Waals surface area contributed by atoms with Crippen LogP contribution in [0.4, 0.5) is 0 Å². The number of nitrogens with zero attached hydrogens (tertiary/aromatic N) is 1. The maximum absolute atomic E-state index is 2.40. The number of benzene rings is 3. The van der Waals surface area contributed by atoms with Crippen LogP contribution in [-0.2, 0) is 13.1 Å². The van der Waals surface area contributed by atoms with Gasteiger partial charge in [-0.25, -0.2) is 0 Å². The van der Waals surface area contributed by atoms with Gasteiger partial charge in [0.15, 0.2) is 0 Å². The van der Waals surface area contributed by atoms with E-state index in [9.17, 15) is 0 Å². The summed E-state index contributed by atoms with van der Waals surface area (Å²) in [5.74, 6) is 0.593. The van der Waals surface area contributed by atoms with Crippen LogP contribution < -0.4 is 0 Å². The minimum absolute atomic E-state index is 0.593. The maximum atomic E-state index is 2.40. The second kappa shape index (κ2) is 7.19. The van der Waals surface area contributed by atoms with E-state index in [1.165, 1.54) is 33.0 Å². The second-order valence-corrected chi connectivity index (χ2v) is 7.15. The fourth-order valence-electron chi connectivity index (χ4n) is 3.30. The Morgan fingerprint density at radius 3 is 2.25 bits per heavy atom. The van der Waals surface area contributed by atoms with Gasteiger partial charge >= 0.3 is 0 Å². The van der Waals surface area contributed by atoms with Gasteiger partial charge in [-0.05, 0) is 52.9 Å². The first-order valence-electron chi connectivity index (χ1n) is 8.79. The molecular weight excluding hydrogens is 290 g/mol. The largest absolute Gasteiger partial charge is 0.298 e. The lowest BCUT2D eigenvalue weighted by Crippen LogP contribution is -2.18. The second-order valence-electron chi connectivity index (χ2n) is 7.15. The van der Waals surface area contributed by atoms with Crippen molar-refractivity contribution >= 4 is 10.8 Å². The van der Waals surface area contributed by atoms with Crippen molar-refractivity contribution in [2.75, 3.05) is 7.05 Å². The summed E-state index contributed by atoms with van der Waals surface area (Å²) in [7, 11) is 2.21. The van der Waals surface area contributed by atoms with Crippen LogP contribution in [0.5, 0.6) is 0 Å². The van der Waals surface area contributed by atoms with E-state index >= 15 is 0 Å². The summed E-state index contributed by atoms with van der Waals surface area (Å²) in [6.45, 7) is 8.64. The Morgan fingerprint density at radius 1 is 0.833 bits per heavy atom. The predicted octanol–water partition coefficient (Wildman–Crippen LogP) is 5.90. The Labute approximate surface area is 145 Å². The Balaban J connectivity index is 1.77. The highest BCUT2D eigenvalue weighted by Crippen LogP contribution is 2.24. The molecule has 0 aliphatic rings. The summed E-state index contributed by atoms with van der Waals surface area (Å²) in [6.07, 6.45) is 0. The lowest BCUT2D eigenvalue weighted by Gasteiger charge is -2.20. The molecule has 0 spiro atoms. The van der Waals surface area contributed by atoms with Crippen molar-refractivity contribution in [1.29, 1.82) is 0 Å². The summed E-state index contributed by atoms with van der Waals surface area (Å²) in [4.78, 5) is 2.40. The van der Waals surface area contributed by atoms with Gasteiger partial charge in [0.1, 0.15) is 0 Å². The van der Waals surface area contributed by atoms with E-state index in [1.54, 1.807) is 0 Å². The van der Waals surface area contributed by atoms with Gasteiger partial charge in [0.2, 0.25) is 0 Å². The van der Waals surface area contributed by atoms with Crippen LogP contribution in [0, 0.1) is 6.92 Å². The van der Waals surface area contributed by atoms with Crippen molar-refractivity contribution in [1.82, 2.24) is 4.90 Å². The van der Waals surface area contributed by atoms with Crippen molar-refractivity contribution in [2.45, 2.75) is 39.8 Å². The summed E-state index contributed by atoms with van der Waals surface area (Å²) >= 11 is 0. The van der Waals surface area contributed by atoms with Crippen molar-refractivity contribution in [3.05, 3.63) is 82.9 Å². The molecule has 0 unspecified atom stereocenters. The van der Waals surface area contributed by atoms with Crippen molar-refractivity contribution < 1.29 is 0 Å². The third kappa shape index (κ3) is 3.68. The molecule has 0 saturated heterocycles. The predicted molar refractivity (Wildman–Crippen MR) is 104 cm³/mol. The molecule has 1 nitrogen and oxygen atoms in total. The molecule has 0 bridgehead atoms. The first kappa shape index (κ1) is 16.7. The zero-order valence-electron chi connectivity index (χ0n) is 15.2. The van der Waals surface area contributed by atoms with Crippen molar-refractivity contribution in [2.24, 2.45) is 0 Å². The topological polar surface area (TPSA) is 3.24 Å². The normalized spacial score (nSPS) is 11.6. The van der Waals surface area contributed by atoms with Crippen LogP contribution in [0.15, 0.2) is 60.7 Å². The molecule has 0 aliphatic heterocycles. The van der Waals surface area contributed by atoms with Crippen LogP contribution in [0.2, 0.25) is 0 Å². The zero-order chi connectivity index (χ0) is 17.1. The summed E-state index contributed by atoms with van der Waals surface area (Å²) in [6, 6.07) is 22.2. The molecule has 3 aromatic carbocycles. The van der Waals surface area contributed by atoms with Gasteiger partial charge in [-0.15, -0.1) is 0 Å². The molecule has 0 amide bonds. The zero-order valence-corrected chi connectivity index (χ0v) is 15.2. The molecule has 124 valence electrons. The minimum atomic E-state index is 0.593. The van der Waals surface area contributed by atoms with Crippen LogP contribution in [0.3, 0.4) is 0 Å². The highest BCUT2D eigenvalue weighted by Gasteiger charge is 2.08. The number of fused-ring (bicyclic) bond motifs is 1. The molecule has 1 heteroatoms. The van der Waals surface area contributed by atoms with Crippen molar-refractivity contribution in [3.8, 4) is 0 Å². The van der Waals surface area contributed by atoms with E-state index in [-0.39, 0.29) is 0 Å². The van der Waals surface area contributed by atoms with Gasteiger partial charge in [0.25, 0.3) is 0 Å². The standard InChI is InChI=1S/C23H27N/c1-17(2)20-13-10-19(11-14-20)15-24(4)16-23-18(3)9-12-21-7-5-6-8-22(21)23/h5-14,17H,15-16H2,1-4H3. The molecule has 0 radical (unpaired) electrons. The number of hydrogen-bond donors (Lipinski definition) is 0. The molecule has 0 saturated carbocycles. The maximum Gasteiger partial charge on any atom is 0.0243 e. The minimum Gasteiger partial charge on any atom is -0.298 e. The smallest absolute Gasteiger partial charge is 0.0243 e. The third-order valence-electron chi connectivity index (χ3n) is 4.80. The van der Waals surface area contributed by atoms with Gasteiger partial charge in [0.05, 0.1) is 0 Å². The SMILES string of the molecule is Cc1ccc2ccccc2c1CN(C)Cc1ccc(C(C)C)cc1. The van der Waals surface area contributed by atoms with Crippen LogP contribution in [0.25, 0.3) is 10.8 Å². The molecule has 0 fully saturated rings. The van der Waals surface area contributed by atoms with Gasteiger partial charge in [-0.3, -0.25) is 4.90 Å². The average Bonchev–Trinajstić information content (AvgIpc) is 2.58. The molecule has 3 aromatic rings. The molecule has 0 aromatic heterocycles. The molecule has 24 heavy (non-hydrogen) atoms. The van der Waals surface area contributed by atoms with Crippen LogP contribution in [0.1, 0.15) is 42.0 Å². The number of aryl methyl sites for hydroxylation is 1. The first-order valence-corrected chi connectivity index (χ1v) is 8.79. The highest BCUT2D eigenvalue weighted by molar-refractivity contribution is 5.86. The van der Waals surface area contributed by atoms with E-state index in [0.29, 0.717) is 5.92 Å². The Kier molecular flexibility index (Phi) is 5.01. The van der Waals surface area contributed by atoms with E-state index in [4.69, 9.17) is 0 Å². The third-order valence-corrected chi connectivity index (χ3v) is 4.80. The van der Waals surface area contributed by atoms with Gasteiger partial charge in [0, 0.05) is 13.1 Å². The van der Waals surface area contributed by atoms with Gasteiger partial charge in [-0.1, -0.05) is 74.5 Å². The fraction of sp³-hybridized carbons (Fsp3) is 0.304. The van der Waals surface area contributed by atoms with Gasteiger partial charge < -0.3 is 0 Å². The molecule has 0 aliphatic carbocycles. The van der Waals surface area contributed by atoms with Crippen molar-refractivity contribution in [3.63, 3.8) is 0 Å². The van der Waals surface area contributed by atoms with Gasteiger partial charge in [-0.2, -0.15) is 0 Å². The average molecular weight is 317 g/mol. The van der Waals surface area contributed by atoms with Crippen LogP contribution in [-0.4, -0.2) is 11.9 Å². The quantitative estimate of drug-likeness (QED) is 0.566. The van der Waals surface area contributed by atoms with E-state index < -0.39 is 0 Å². The highest BCUT2D eigenvalue weighted by atomic mass is 15.1. The molecule has 0 atom stereocenters. The Hall–Kier alpha value is -2.12. The van der Waals surface area contributed by atoms with E-state index in [1.807, 2.05) is 0 Å². The van der Waals surface area contributed by atoms with E-state index in [0.717, 1.165) is 13.1 Å². The number of rotatable bonds is 5.